The lowest BCUT2D eigenvalue weighted by molar-refractivity contribution is -0.120. The molecule has 0 unspecified atom stereocenters. The smallest absolute Gasteiger partial charge is 0.224 e. The number of hydrogen-bond donors (Lipinski definition) is 1. The van der Waals surface area contributed by atoms with Crippen LogP contribution in [0.1, 0.15) is 12.5 Å². The first-order valence-corrected chi connectivity index (χ1v) is 6.67. The van der Waals surface area contributed by atoms with Crippen LogP contribution in [-0.2, 0) is 16.0 Å². The summed E-state index contributed by atoms with van der Waals surface area (Å²) in [6.45, 7) is 7.08. The highest BCUT2D eigenvalue weighted by Crippen LogP contribution is 2.22. The summed E-state index contributed by atoms with van der Waals surface area (Å²) in [6.07, 6.45) is 0.275. The van der Waals surface area contributed by atoms with Crippen molar-refractivity contribution in [1.82, 2.24) is 5.32 Å². The molecule has 1 rings (SSSR count). The van der Waals surface area contributed by atoms with E-state index in [-0.39, 0.29) is 12.3 Å². The second-order valence-corrected chi connectivity index (χ2v) is 5.10. The molecule has 0 saturated heterocycles. The lowest BCUT2D eigenvalue weighted by atomic mass is 10.1. The molecule has 0 atom stereocenters. The van der Waals surface area contributed by atoms with Crippen LogP contribution in [0.5, 0.6) is 0 Å². The number of amides is 1. The van der Waals surface area contributed by atoms with E-state index in [0.717, 1.165) is 11.1 Å². The minimum absolute atomic E-state index is 0.0719. The van der Waals surface area contributed by atoms with Crippen LogP contribution in [0.15, 0.2) is 30.4 Å². The van der Waals surface area contributed by atoms with Gasteiger partial charge in [0.15, 0.2) is 0 Å². The maximum Gasteiger partial charge on any atom is 0.224 e. The van der Waals surface area contributed by atoms with E-state index in [2.05, 4.69) is 11.9 Å². The maximum atomic E-state index is 11.6. The number of hydrogen-bond acceptors (Lipinski definition) is 2. The van der Waals surface area contributed by atoms with Crippen molar-refractivity contribution >= 4 is 29.1 Å². The third-order valence-electron chi connectivity index (χ3n) is 2.27. The van der Waals surface area contributed by atoms with Gasteiger partial charge >= 0.3 is 0 Å². The average molecular weight is 302 g/mol. The van der Waals surface area contributed by atoms with Gasteiger partial charge in [0.05, 0.1) is 29.7 Å². The topological polar surface area (TPSA) is 38.3 Å². The largest absolute Gasteiger partial charge is 0.375 e. The number of carbonyl (C=O) groups excluding carboxylic acids is 1. The Labute approximate surface area is 123 Å². The quantitative estimate of drug-likeness (QED) is 0.620. The molecular formula is C14H17Cl2NO2. The minimum Gasteiger partial charge on any atom is -0.375 e. The van der Waals surface area contributed by atoms with Gasteiger partial charge in [-0.1, -0.05) is 41.4 Å². The number of ether oxygens (including phenoxy) is 1. The molecule has 3 nitrogen and oxygen atoms in total. The number of carbonyl (C=O) groups is 1. The van der Waals surface area contributed by atoms with Gasteiger partial charge in [-0.15, -0.1) is 0 Å². The van der Waals surface area contributed by atoms with Crippen LogP contribution in [0.25, 0.3) is 0 Å². The predicted molar refractivity (Wildman–Crippen MR) is 78.8 cm³/mol. The van der Waals surface area contributed by atoms with Gasteiger partial charge in [0, 0.05) is 6.54 Å². The Morgan fingerprint density at radius 1 is 1.37 bits per heavy atom. The number of halogens is 2. The van der Waals surface area contributed by atoms with E-state index in [0.29, 0.717) is 29.8 Å². The predicted octanol–water partition coefficient (Wildman–Crippen LogP) is 3.24. The highest BCUT2D eigenvalue weighted by Gasteiger charge is 2.05. The SMILES string of the molecule is C=C(C)COCCNC(=O)Cc1ccc(Cl)c(Cl)c1. The van der Waals surface area contributed by atoms with Gasteiger partial charge in [0.25, 0.3) is 0 Å². The monoisotopic (exact) mass is 301 g/mol. The summed E-state index contributed by atoms with van der Waals surface area (Å²) in [6, 6.07) is 5.16. The Kier molecular flexibility index (Phi) is 6.92. The summed E-state index contributed by atoms with van der Waals surface area (Å²) in [4.78, 5) is 11.6. The van der Waals surface area contributed by atoms with Gasteiger partial charge < -0.3 is 10.1 Å². The molecule has 1 N–H and O–H groups in total. The lowest BCUT2D eigenvalue weighted by Crippen LogP contribution is -2.28. The van der Waals surface area contributed by atoms with Crippen LogP contribution in [0, 0.1) is 0 Å². The van der Waals surface area contributed by atoms with Crippen molar-refractivity contribution in [2.45, 2.75) is 13.3 Å². The zero-order valence-corrected chi connectivity index (χ0v) is 12.4. The first kappa shape index (κ1) is 16.0. The van der Waals surface area contributed by atoms with Gasteiger partial charge in [-0.2, -0.15) is 0 Å². The minimum atomic E-state index is -0.0719. The van der Waals surface area contributed by atoms with Crippen LogP contribution in [-0.4, -0.2) is 25.7 Å². The Morgan fingerprint density at radius 3 is 2.74 bits per heavy atom. The van der Waals surface area contributed by atoms with Crippen LogP contribution in [0.4, 0.5) is 0 Å². The summed E-state index contributed by atoms with van der Waals surface area (Å²) in [5.74, 6) is -0.0719. The molecule has 0 radical (unpaired) electrons. The van der Waals surface area contributed by atoms with Gasteiger partial charge in [-0.05, 0) is 24.6 Å². The fraction of sp³-hybridized carbons (Fsp3) is 0.357. The molecule has 0 aliphatic rings. The highest BCUT2D eigenvalue weighted by atomic mass is 35.5. The standard InChI is InChI=1S/C14H17Cl2NO2/c1-10(2)9-19-6-5-17-14(18)8-11-3-4-12(15)13(16)7-11/h3-4,7H,1,5-6,8-9H2,2H3,(H,17,18). The third-order valence-corrected chi connectivity index (χ3v) is 3.00. The second-order valence-electron chi connectivity index (χ2n) is 4.28. The van der Waals surface area contributed by atoms with Gasteiger partial charge in [-0.25, -0.2) is 0 Å². The summed E-state index contributed by atoms with van der Waals surface area (Å²) in [5.41, 5.74) is 1.79. The number of benzene rings is 1. The Bertz CT molecular complexity index is 461. The fourth-order valence-corrected chi connectivity index (χ4v) is 1.73. The molecule has 5 heteroatoms. The van der Waals surface area contributed by atoms with Crippen molar-refractivity contribution in [2.75, 3.05) is 19.8 Å². The average Bonchev–Trinajstić information content (AvgIpc) is 2.33. The van der Waals surface area contributed by atoms with Crippen molar-refractivity contribution in [2.24, 2.45) is 0 Å². The molecule has 0 heterocycles. The Morgan fingerprint density at radius 2 is 2.11 bits per heavy atom. The van der Waals surface area contributed by atoms with Gasteiger partial charge in [0.2, 0.25) is 5.91 Å². The number of nitrogens with one attached hydrogen (secondary N) is 1. The van der Waals surface area contributed by atoms with Crippen LogP contribution >= 0.6 is 23.2 Å². The molecule has 0 fully saturated rings. The van der Waals surface area contributed by atoms with E-state index >= 15 is 0 Å². The molecule has 1 aromatic carbocycles. The summed E-state index contributed by atoms with van der Waals surface area (Å²) < 4.78 is 5.28. The normalized spacial score (nSPS) is 10.3. The highest BCUT2D eigenvalue weighted by molar-refractivity contribution is 6.42. The molecule has 1 aromatic rings. The third kappa shape index (κ3) is 6.62. The van der Waals surface area contributed by atoms with Crippen LogP contribution in [0.3, 0.4) is 0 Å². The molecular weight excluding hydrogens is 285 g/mol. The van der Waals surface area contributed by atoms with Crippen molar-refractivity contribution < 1.29 is 9.53 Å². The molecule has 0 bridgehead atoms. The Balaban J connectivity index is 2.27. The molecule has 0 aliphatic heterocycles. The van der Waals surface area contributed by atoms with Crippen LogP contribution in [0.2, 0.25) is 10.0 Å². The van der Waals surface area contributed by atoms with E-state index in [1.54, 1.807) is 18.2 Å². The van der Waals surface area contributed by atoms with Crippen molar-refractivity contribution in [3.8, 4) is 0 Å². The molecule has 1 amide bonds. The van der Waals surface area contributed by atoms with Crippen molar-refractivity contribution in [1.29, 1.82) is 0 Å². The molecule has 0 spiro atoms. The molecule has 104 valence electrons. The zero-order chi connectivity index (χ0) is 14.3. The molecule has 0 aromatic heterocycles. The van der Waals surface area contributed by atoms with E-state index < -0.39 is 0 Å². The van der Waals surface area contributed by atoms with Gasteiger partial charge in [0.1, 0.15) is 0 Å². The molecule has 0 aliphatic carbocycles. The van der Waals surface area contributed by atoms with E-state index in [4.69, 9.17) is 27.9 Å². The van der Waals surface area contributed by atoms with E-state index in [1.165, 1.54) is 0 Å². The first-order valence-electron chi connectivity index (χ1n) is 5.92. The van der Waals surface area contributed by atoms with Crippen LogP contribution < -0.4 is 5.32 Å². The molecule has 0 saturated carbocycles. The molecule has 19 heavy (non-hydrogen) atoms. The summed E-state index contributed by atoms with van der Waals surface area (Å²) in [7, 11) is 0. The summed E-state index contributed by atoms with van der Waals surface area (Å²) in [5, 5.41) is 3.71. The fourth-order valence-electron chi connectivity index (χ4n) is 1.41. The number of rotatable bonds is 7. The first-order chi connectivity index (χ1) is 8.99. The van der Waals surface area contributed by atoms with Crippen molar-refractivity contribution in [3.05, 3.63) is 46.0 Å². The second kappa shape index (κ2) is 8.20. The maximum absolute atomic E-state index is 11.6. The van der Waals surface area contributed by atoms with E-state index in [9.17, 15) is 4.79 Å². The lowest BCUT2D eigenvalue weighted by Gasteiger charge is -2.07. The zero-order valence-electron chi connectivity index (χ0n) is 10.8. The van der Waals surface area contributed by atoms with Crippen molar-refractivity contribution in [3.63, 3.8) is 0 Å². The van der Waals surface area contributed by atoms with E-state index in [1.807, 2.05) is 6.92 Å². The summed E-state index contributed by atoms with van der Waals surface area (Å²) >= 11 is 11.7. The Hall–Kier alpha value is -1.03. The van der Waals surface area contributed by atoms with Gasteiger partial charge in [-0.3, -0.25) is 4.79 Å².